The van der Waals surface area contributed by atoms with Gasteiger partial charge < -0.3 is 9.84 Å². The van der Waals surface area contributed by atoms with Crippen molar-refractivity contribution in [2.24, 2.45) is 5.92 Å². The molecule has 1 fully saturated rings. The van der Waals surface area contributed by atoms with Crippen molar-refractivity contribution in [3.05, 3.63) is 34.9 Å². The molecule has 0 aliphatic heterocycles. The summed E-state index contributed by atoms with van der Waals surface area (Å²) in [5, 5.41) is 17.9. The molecule has 0 amide bonds. The zero-order chi connectivity index (χ0) is 13.7. The first-order chi connectivity index (χ1) is 9.22. The van der Waals surface area contributed by atoms with Crippen LogP contribution in [-0.2, 0) is 11.3 Å². The van der Waals surface area contributed by atoms with E-state index in [1.807, 2.05) is 25.1 Å². The number of nitriles is 1. The highest BCUT2D eigenvalue weighted by Gasteiger charge is 2.21. The second-order valence-electron chi connectivity index (χ2n) is 5.39. The summed E-state index contributed by atoms with van der Waals surface area (Å²) >= 11 is 0. The maximum Gasteiger partial charge on any atom is 0.0991 e. The Bertz CT molecular complexity index is 456. The van der Waals surface area contributed by atoms with E-state index in [1.165, 1.54) is 0 Å². The van der Waals surface area contributed by atoms with Crippen LogP contribution in [0.15, 0.2) is 18.2 Å². The minimum Gasteiger partial charge on any atom is -0.396 e. The van der Waals surface area contributed by atoms with Crippen molar-refractivity contribution in [3.63, 3.8) is 0 Å². The molecule has 1 aliphatic rings. The van der Waals surface area contributed by atoms with Gasteiger partial charge in [0.05, 0.1) is 24.3 Å². The number of rotatable bonds is 4. The SMILES string of the molecule is Cc1cc(C#N)ccc1COC1CCC(CO)CC1. The van der Waals surface area contributed by atoms with Crippen molar-refractivity contribution in [2.45, 2.75) is 45.3 Å². The Morgan fingerprint density at radius 3 is 2.63 bits per heavy atom. The number of aliphatic hydroxyl groups is 1. The van der Waals surface area contributed by atoms with Crippen molar-refractivity contribution in [3.8, 4) is 6.07 Å². The number of aliphatic hydroxyl groups excluding tert-OH is 1. The summed E-state index contributed by atoms with van der Waals surface area (Å²) in [6.07, 6.45) is 4.53. The molecule has 2 rings (SSSR count). The van der Waals surface area contributed by atoms with Crippen molar-refractivity contribution in [2.75, 3.05) is 6.61 Å². The molecule has 0 saturated heterocycles. The summed E-state index contributed by atoms with van der Waals surface area (Å²) in [5.41, 5.74) is 2.97. The molecule has 0 spiro atoms. The van der Waals surface area contributed by atoms with Crippen molar-refractivity contribution in [1.82, 2.24) is 0 Å². The van der Waals surface area contributed by atoms with E-state index in [-0.39, 0.29) is 0 Å². The van der Waals surface area contributed by atoms with Crippen molar-refractivity contribution in [1.29, 1.82) is 5.26 Å². The fourth-order valence-electron chi connectivity index (χ4n) is 2.62. The van der Waals surface area contributed by atoms with Crippen LogP contribution >= 0.6 is 0 Å². The van der Waals surface area contributed by atoms with Crippen LogP contribution in [0.4, 0.5) is 0 Å². The fraction of sp³-hybridized carbons (Fsp3) is 0.562. The fourth-order valence-corrected chi connectivity index (χ4v) is 2.62. The molecule has 0 aromatic heterocycles. The average Bonchev–Trinajstić information content (AvgIpc) is 2.46. The quantitative estimate of drug-likeness (QED) is 0.904. The molecule has 1 aromatic rings. The first-order valence-electron chi connectivity index (χ1n) is 6.95. The van der Waals surface area contributed by atoms with Gasteiger partial charge in [0, 0.05) is 6.61 Å². The lowest BCUT2D eigenvalue weighted by Gasteiger charge is -2.27. The monoisotopic (exact) mass is 259 g/mol. The Balaban J connectivity index is 1.85. The molecule has 0 heterocycles. The molecule has 3 heteroatoms. The van der Waals surface area contributed by atoms with Crippen LogP contribution in [0.1, 0.15) is 42.4 Å². The second kappa shape index (κ2) is 6.70. The molecular weight excluding hydrogens is 238 g/mol. The summed E-state index contributed by atoms with van der Waals surface area (Å²) in [4.78, 5) is 0. The first-order valence-corrected chi connectivity index (χ1v) is 6.95. The predicted octanol–water partition coefficient (Wildman–Crippen LogP) is 2.93. The van der Waals surface area contributed by atoms with Gasteiger partial charge in [0.1, 0.15) is 0 Å². The smallest absolute Gasteiger partial charge is 0.0991 e. The number of nitrogens with zero attached hydrogens (tertiary/aromatic N) is 1. The van der Waals surface area contributed by atoms with E-state index in [2.05, 4.69) is 6.07 Å². The molecule has 0 bridgehead atoms. The van der Waals surface area contributed by atoms with E-state index < -0.39 is 0 Å². The van der Waals surface area contributed by atoms with Gasteiger partial charge in [-0.15, -0.1) is 0 Å². The van der Waals surface area contributed by atoms with Gasteiger partial charge in [-0.2, -0.15) is 5.26 Å². The number of hydrogen-bond acceptors (Lipinski definition) is 3. The minimum atomic E-state index is 0.307. The van der Waals surface area contributed by atoms with Crippen LogP contribution in [0.25, 0.3) is 0 Å². The maximum atomic E-state index is 9.10. The van der Waals surface area contributed by atoms with E-state index in [1.54, 1.807) is 0 Å². The predicted molar refractivity (Wildman–Crippen MR) is 73.5 cm³/mol. The molecule has 1 N–H and O–H groups in total. The van der Waals surface area contributed by atoms with Crippen LogP contribution in [0.5, 0.6) is 0 Å². The third-order valence-corrected chi connectivity index (χ3v) is 4.00. The number of aryl methyl sites for hydroxylation is 1. The highest BCUT2D eigenvalue weighted by atomic mass is 16.5. The number of hydrogen-bond donors (Lipinski definition) is 1. The van der Waals surface area contributed by atoms with Crippen molar-refractivity contribution >= 4 is 0 Å². The Kier molecular flexibility index (Phi) is 4.95. The molecular formula is C16H21NO2. The Hall–Kier alpha value is -1.37. The Morgan fingerprint density at radius 2 is 2.05 bits per heavy atom. The van der Waals surface area contributed by atoms with Gasteiger partial charge >= 0.3 is 0 Å². The summed E-state index contributed by atoms with van der Waals surface area (Å²) in [6.45, 7) is 2.94. The summed E-state index contributed by atoms with van der Waals surface area (Å²) in [7, 11) is 0. The number of ether oxygens (including phenoxy) is 1. The van der Waals surface area contributed by atoms with Gasteiger partial charge in [-0.1, -0.05) is 6.07 Å². The van der Waals surface area contributed by atoms with Gasteiger partial charge in [-0.05, 0) is 61.8 Å². The third kappa shape index (κ3) is 3.79. The Morgan fingerprint density at radius 1 is 1.32 bits per heavy atom. The normalized spacial score (nSPS) is 23.0. The minimum absolute atomic E-state index is 0.307. The second-order valence-corrected chi connectivity index (χ2v) is 5.39. The highest BCUT2D eigenvalue weighted by molar-refractivity contribution is 5.37. The topological polar surface area (TPSA) is 53.2 Å². The zero-order valence-electron chi connectivity index (χ0n) is 11.4. The molecule has 1 saturated carbocycles. The molecule has 102 valence electrons. The molecule has 19 heavy (non-hydrogen) atoms. The van der Waals surface area contributed by atoms with Crippen LogP contribution < -0.4 is 0 Å². The maximum absolute atomic E-state index is 9.10. The molecule has 0 unspecified atom stereocenters. The highest BCUT2D eigenvalue weighted by Crippen LogP contribution is 2.26. The van der Waals surface area contributed by atoms with Crippen LogP contribution in [0.2, 0.25) is 0 Å². The summed E-state index contributed by atoms with van der Waals surface area (Å²) in [6, 6.07) is 7.87. The standard InChI is InChI=1S/C16H21NO2/c1-12-8-14(9-17)2-5-15(12)11-19-16-6-3-13(10-18)4-7-16/h2,5,8,13,16,18H,3-4,6-7,10-11H2,1H3. The van der Waals surface area contributed by atoms with Gasteiger partial charge in [0.2, 0.25) is 0 Å². The van der Waals surface area contributed by atoms with Gasteiger partial charge in [0.15, 0.2) is 0 Å². The zero-order valence-corrected chi connectivity index (χ0v) is 11.4. The van der Waals surface area contributed by atoms with Crippen LogP contribution in [-0.4, -0.2) is 17.8 Å². The van der Waals surface area contributed by atoms with Crippen LogP contribution in [0.3, 0.4) is 0 Å². The van der Waals surface area contributed by atoms with Gasteiger partial charge in [-0.3, -0.25) is 0 Å². The molecule has 1 aliphatic carbocycles. The molecule has 1 aromatic carbocycles. The van der Waals surface area contributed by atoms with E-state index in [0.29, 0.717) is 30.8 Å². The van der Waals surface area contributed by atoms with Crippen molar-refractivity contribution < 1.29 is 9.84 Å². The molecule has 0 radical (unpaired) electrons. The number of benzene rings is 1. The van der Waals surface area contributed by atoms with E-state index in [4.69, 9.17) is 15.1 Å². The van der Waals surface area contributed by atoms with Crippen LogP contribution in [0, 0.1) is 24.2 Å². The molecule has 3 nitrogen and oxygen atoms in total. The summed E-state index contributed by atoms with van der Waals surface area (Å²) in [5.74, 6) is 0.469. The van der Waals surface area contributed by atoms with Gasteiger partial charge in [0.25, 0.3) is 0 Å². The Labute approximate surface area is 114 Å². The third-order valence-electron chi connectivity index (χ3n) is 4.00. The average molecular weight is 259 g/mol. The lowest BCUT2D eigenvalue weighted by Crippen LogP contribution is -2.23. The van der Waals surface area contributed by atoms with E-state index in [9.17, 15) is 0 Å². The molecule has 0 atom stereocenters. The lowest BCUT2D eigenvalue weighted by molar-refractivity contribution is 0.00102. The largest absolute Gasteiger partial charge is 0.396 e. The lowest BCUT2D eigenvalue weighted by atomic mass is 9.88. The van der Waals surface area contributed by atoms with E-state index >= 15 is 0 Å². The summed E-state index contributed by atoms with van der Waals surface area (Å²) < 4.78 is 5.95. The van der Waals surface area contributed by atoms with E-state index in [0.717, 1.165) is 36.8 Å². The van der Waals surface area contributed by atoms with Gasteiger partial charge in [-0.25, -0.2) is 0 Å². The first kappa shape index (κ1) is 14.0.